The van der Waals surface area contributed by atoms with E-state index in [1.165, 1.54) is 0 Å². The number of fused-ring (bicyclic) bond motifs is 2. The van der Waals surface area contributed by atoms with Crippen LogP contribution in [0.15, 0.2) is 66.9 Å². The van der Waals surface area contributed by atoms with Gasteiger partial charge in [0.1, 0.15) is 11.5 Å². The van der Waals surface area contributed by atoms with Gasteiger partial charge >= 0.3 is 6.03 Å². The van der Waals surface area contributed by atoms with E-state index in [9.17, 15) is 4.79 Å². The van der Waals surface area contributed by atoms with Gasteiger partial charge in [-0.2, -0.15) is 5.10 Å². The molecule has 2 heterocycles. The second-order valence-electron chi connectivity index (χ2n) is 8.56. The van der Waals surface area contributed by atoms with E-state index < -0.39 is 0 Å². The number of aryl methyl sites for hydroxylation is 2. The number of pyridine rings is 1. The van der Waals surface area contributed by atoms with E-state index in [-0.39, 0.29) is 6.03 Å². The van der Waals surface area contributed by atoms with Crippen molar-refractivity contribution in [2.75, 3.05) is 31.5 Å². The molecule has 9 nitrogen and oxygen atoms in total. The highest BCUT2D eigenvalue weighted by atomic mass is 16.5. The summed E-state index contributed by atoms with van der Waals surface area (Å²) in [5.41, 5.74) is 4.04. The number of nitrogens with zero attached hydrogens (tertiary/aromatic N) is 4. The number of nitrogens with one attached hydrogen (secondary N) is 1. The Morgan fingerprint density at radius 2 is 1.62 bits per heavy atom. The third kappa shape index (κ3) is 4.58. The molecule has 3 aromatic carbocycles. The number of carbonyl (C=O) groups is 1. The Morgan fingerprint density at radius 3 is 2.35 bits per heavy atom. The lowest BCUT2D eigenvalue weighted by molar-refractivity contribution is 0.258. The van der Waals surface area contributed by atoms with Gasteiger partial charge in [-0.25, -0.2) is 4.79 Å². The Balaban J connectivity index is 1.30. The van der Waals surface area contributed by atoms with Crippen LogP contribution in [0, 0.1) is 6.92 Å². The summed E-state index contributed by atoms with van der Waals surface area (Å²) in [5, 5.41) is 9.28. The van der Waals surface area contributed by atoms with Crippen LogP contribution in [0.2, 0.25) is 0 Å². The molecule has 0 radical (unpaired) electrons. The molecule has 0 aliphatic heterocycles. The maximum atomic E-state index is 12.9. The second kappa shape index (κ2) is 9.69. The van der Waals surface area contributed by atoms with Crippen molar-refractivity contribution >= 4 is 39.2 Å². The normalized spacial score (nSPS) is 10.9. The van der Waals surface area contributed by atoms with Crippen LogP contribution in [0.4, 0.5) is 16.2 Å². The molecule has 2 amide bonds. The first-order chi connectivity index (χ1) is 17.9. The lowest BCUT2D eigenvalue weighted by Gasteiger charge is -2.18. The Morgan fingerprint density at radius 1 is 0.892 bits per heavy atom. The van der Waals surface area contributed by atoms with Crippen molar-refractivity contribution < 1.29 is 19.0 Å². The average Bonchev–Trinajstić information content (AvgIpc) is 3.20. The molecule has 0 atom stereocenters. The molecule has 0 aliphatic carbocycles. The van der Waals surface area contributed by atoms with E-state index in [0.29, 0.717) is 28.7 Å². The van der Waals surface area contributed by atoms with Crippen LogP contribution in [-0.2, 0) is 7.05 Å². The topological polar surface area (TPSA) is 90.7 Å². The number of ether oxygens (including phenoxy) is 3. The average molecular weight is 498 g/mol. The Hall–Kier alpha value is -4.79. The molecule has 188 valence electrons. The summed E-state index contributed by atoms with van der Waals surface area (Å²) >= 11 is 0. The van der Waals surface area contributed by atoms with Gasteiger partial charge in [-0.15, -0.1) is 0 Å². The zero-order valence-electron chi connectivity index (χ0n) is 21.3. The first-order valence-corrected chi connectivity index (χ1v) is 11.6. The second-order valence-corrected chi connectivity index (χ2v) is 8.56. The number of carbonyl (C=O) groups excluding carboxylic acids is 1. The van der Waals surface area contributed by atoms with Gasteiger partial charge in [-0.3, -0.25) is 14.6 Å². The van der Waals surface area contributed by atoms with Gasteiger partial charge in [0.25, 0.3) is 0 Å². The van der Waals surface area contributed by atoms with Gasteiger partial charge in [-0.1, -0.05) is 0 Å². The molecule has 0 bridgehead atoms. The maximum absolute atomic E-state index is 12.9. The number of amides is 2. The molecule has 5 rings (SSSR count). The van der Waals surface area contributed by atoms with Crippen molar-refractivity contribution in [2.24, 2.45) is 7.05 Å². The summed E-state index contributed by atoms with van der Waals surface area (Å²) in [4.78, 5) is 18.8. The van der Waals surface area contributed by atoms with E-state index in [2.05, 4.69) is 15.4 Å². The third-order valence-electron chi connectivity index (χ3n) is 6.35. The van der Waals surface area contributed by atoms with Gasteiger partial charge < -0.3 is 19.5 Å². The predicted octanol–water partition coefficient (Wildman–Crippen LogP) is 5.91. The minimum absolute atomic E-state index is 0.262. The number of rotatable bonds is 6. The Kier molecular flexibility index (Phi) is 6.27. The molecule has 0 spiro atoms. The fraction of sp³-hybridized carbons (Fsp3) is 0.179. The summed E-state index contributed by atoms with van der Waals surface area (Å²) in [6.45, 7) is 2.02. The molecule has 37 heavy (non-hydrogen) atoms. The van der Waals surface area contributed by atoms with Gasteiger partial charge in [0, 0.05) is 54.2 Å². The fourth-order valence-electron chi connectivity index (χ4n) is 4.12. The van der Waals surface area contributed by atoms with Crippen LogP contribution in [-0.4, -0.2) is 42.1 Å². The van der Waals surface area contributed by atoms with Crippen molar-refractivity contribution in [2.45, 2.75) is 6.92 Å². The molecule has 1 N–H and O–H groups in total. The zero-order valence-corrected chi connectivity index (χ0v) is 21.3. The highest BCUT2D eigenvalue weighted by Crippen LogP contribution is 2.37. The number of methoxy groups -OCH3 is 2. The molecule has 0 fully saturated rings. The lowest BCUT2D eigenvalue weighted by Crippen LogP contribution is -2.31. The van der Waals surface area contributed by atoms with Crippen molar-refractivity contribution in [3.8, 4) is 23.0 Å². The molecule has 0 unspecified atom stereocenters. The Bertz CT molecular complexity index is 1610. The molecule has 9 heteroatoms. The molecule has 0 saturated carbocycles. The largest absolute Gasteiger partial charge is 0.493 e. The van der Waals surface area contributed by atoms with Gasteiger partial charge in [0.2, 0.25) is 0 Å². The molecular formula is C28H27N5O4. The first-order valence-electron chi connectivity index (χ1n) is 11.6. The fourth-order valence-corrected chi connectivity index (χ4v) is 4.12. The van der Waals surface area contributed by atoms with Crippen LogP contribution in [0.3, 0.4) is 0 Å². The summed E-state index contributed by atoms with van der Waals surface area (Å²) in [5.74, 6) is 2.43. The zero-order chi connectivity index (χ0) is 26.1. The van der Waals surface area contributed by atoms with E-state index in [4.69, 9.17) is 14.2 Å². The number of benzene rings is 3. The van der Waals surface area contributed by atoms with E-state index in [1.807, 2.05) is 49.0 Å². The monoisotopic (exact) mass is 497 g/mol. The van der Waals surface area contributed by atoms with Crippen molar-refractivity contribution in [1.29, 1.82) is 0 Å². The van der Waals surface area contributed by atoms with Crippen LogP contribution in [0.1, 0.15) is 5.69 Å². The standard InChI is InChI=1S/C28H27N5O4/c1-17-21-11-8-19(14-24(21)31-33(17)3)32(2)28(34)30-18-6-9-20(10-7-18)37-25-12-13-29-23-16-27(36-5)26(35-4)15-22(23)25/h6-16H,1-5H3,(H,30,34). The molecule has 5 aromatic rings. The van der Waals surface area contributed by atoms with Gasteiger partial charge in [0.05, 0.1) is 25.3 Å². The third-order valence-corrected chi connectivity index (χ3v) is 6.35. The summed E-state index contributed by atoms with van der Waals surface area (Å²) in [6.07, 6.45) is 1.68. The highest BCUT2D eigenvalue weighted by Gasteiger charge is 2.15. The summed E-state index contributed by atoms with van der Waals surface area (Å²) < 4.78 is 18.8. The van der Waals surface area contributed by atoms with Crippen LogP contribution in [0.5, 0.6) is 23.0 Å². The van der Waals surface area contributed by atoms with Crippen LogP contribution in [0.25, 0.3) is 21.8 Å². The number of hydrogen-bond acceptors (Lipinski definition) is 6. The summed E-state index contributed by atoms with van der Waals surface area (Å²) in [7, 11) is 6.80. The van der Waals surface area contributed by atoms with Crippen molar-refractivity contribution in [1.82, 2.24) is 14.8 Å². The van der Waals surface area contributed by atoms with Crippen molar-refractivity contribution in [3.63, 3.8) is 0 Å². The quantitative estimate of drug-likeness (QED) is 0.314. The molecule has 0 aliphatic rings. The number of aromatic nitrogens is 3. The SMILES string of the molecule is COc1cc2nccc(Oc3ccc(NC(=O)N(C)c4ccc5c(C)n(C)nc5c4)cc3)c2cc1OC. The minimum Gasteiger partial charge on any atom is -0.493 e. The highest BCUT2D eigenvalue weighted by molar-refractivity contribution is 6.02. The first kappa shape index (κ1) is 23.9. The predicted molar refractivity (Wildman–Crippen MR) is 144 cm³/mol. The van der Waals surface area contributed by atoms with Gasteiger partial charge in [-0.05, 0) is 61.5 Å². The smallest absolute Gasteiger partial charge is 0.326 e. The summed E-state index contributed by atoms with van der Waals surface area (Å²) in [6, 6.07) is 18.2. The number of anilines is 2. The molecule has 2 aromatic heterocycles. The van der Waals surface area contributed by atoms with E-state index in [0.717, 1.165) is 33.2 Å². The molecule has 0 saturated heterocycles. The van der Waals surface area contributed by atoms with E-state index >= 15 is 0 Å². The van der Waals surface area contributed by atoms with Gasteiger partial charge in [0.15, 0.2) is 11.5 Å². The lowest BCUT2D eigenvalue weighted by atomic mass is 10.2. The van der Waals surface area contributed by atoms with Crippen molar-refractivity contribution in [3.05, 3.63) is 72.6 Å². The van der Waals surface area contributed by atoms with Crippen LogP contribution >= 0.6 is 0 Å². The van der Waals surface area contributed by atoms with Crippen LogP contribution < -0.4 is 24.4 Å². The number of urea groups is 1. The Labute approximate surface area is 214 Å². The number of hydrogen-bond donors (Lipinski definition) is 1. The minimum atomic E-state index is -0.262. The molecular weight excluding hydrogens is 470 g/mol. The maximum Gasteiger partial charge on any atom is 0.326 e. The van der Waals surface area contributed by atoms with E-state index in [1.54, 1.807) is 62.7 Å².